The van der Waals surface area contributed by atoms with E-state index < -0.39 is 0 Å². The summed E-state index contributed by atoms with van der Waals surface area (Å²) in [6.45, 7) is 6.09. The third kappa shape index (κ3) is 6.86. The lowest BCUT2D eigenvalue weighted by Crippen LogP contribution is -2.45. The van der Waals surface area contributed by atoms with Crippen molar-refractivity contribution in [2.45, 2.75) is 37.8 Å². The average molecular weight is 568 g/mol. The Bertz CT molecular complexity index is 831. The minimum atomic E-state index is 0. The molecule has 7 nitrogen and oxygen atoms in total. The Hall–Kier alpha value is -1.78. The number of furan rings is 1. The van der Waals surface area contributed by atoms with Gasteiger partial charge in [-0.05, 0) is 81.7 Å². The first-order chi connectivity index (χ1) is 15.8. The molecule has 0 radical (unpaired) electrons. The summed E-state index contributed by atoms with van der Waals surface area (Å²) < 4.78 is 11.1. The number of halogens is 1. The molecule has 3 heterocycles. The lowest BCUT2D eigenvalue weighted by molar-refractivity contribution is 0.215. The standard InChI is InChI=1S/C25H37N5O2.HI/c1-26-25(28-19-23(24-8-7-17-32-24)30-15-5-6-16-30)27-18-22(29-13-3-4-14-29)20-9-11-21(31-2)12-10-20;/h7-12,17,22-23H,3-6,13-16,18-19H2,1-2H3,(H2,26,27,28);1H. The number of benzene rings is 1. The van der Waals surface area contributed by atoms with Crippen molar-refractivity contribution in [2.75, 3.05) is 53.4 Å². The number of ether oxygens (including phenoxy) is 1. The first-order valence-corrected chi connectivity index (χ1v) is 11.9. The molecule has 0 aliphatic carbocycles. The van der Waals surface area contributed by atoms with Gasteiger partial charge < -0.3 is 19.8 Å². The third-order valence-corrected chi connectivity index (χ3v) is 6.68. The predicted octanol–water partition coefficient (Wildman–Crippen LogP) is 4.05. The zero-order valence-corrected chi connectivity index (χ0v) is 22.2. The van der Waals surface area contributed by atoms with E-state index in [2.05, 4.69) is 55.8 Å². The van der Waals surface area contributed by atoms with E-state index in [0.717, 1.165) is 56.7 Å². The third-order valence-electron chi connectivity index (χ3n) is 6.68. The van der Waals surface area contributed by atoms with Gasteiger partial charge >= 0.3 is 0 Å². The second kappa shape index (κ2) is 13.2. The van der Waals surface area contributed by atoms with Crippen molar-refractivity contribution in [3.05, 3.63) is 54.0 Å². The summed E-state index contributed by atoms with van der Waals surface area (Å²) >= 11 is 0. The largest absolute Gasteiger partial charge is 0.497 e. The lowest BCUT2D eigenvalue weighted by Gasteiger charge is -2.30. The van der Waals surface area contributed by atoms with Gasteiger partial charge in [0.25, 0.3) is 0 Å². The van der Waals surface area contributed by atoms with E-state index in [1.807, 2.05) is 13.1 Å². The van der Waals surface area contributed by atoms with E-state index in [0.29, 0.717) is 6.04 Å². The molecule has 2 fully saturated rings. The van der Waals surface area contributed by atoms with E-state index in [1.165, 1.54) is 31.2 Å². The van der Waals surface area contributed by atoms with Crippen LogP contribution in [-0.4, -0.2) is 69.2 Å². The number of hydrogen-bond donors (Lipinski definition) is 2. The van der Waals surface area contributed by atoms with Crippen molar-refractivity contribution in [3.8, 4) is 5.75 Å². The van der Waals surface area contributed by atoms with Crippen molar-refractivity contribution in [2.24, 2.45) is 4.99 Å². The second-order valence-electron chi connectivity index (χ2n) is 8.64. The molecule has 2 aromatic rings. The zero-order valence-electron chi connectivity index (χ0n) is 19.8. The van der Waals surface area contributed by atoms with Crippen LogP contribution in [0.5, 0.6) is 5.75 Å². The van der Waals surface area contributed by atoms with Crippen LogP contribution in [0.4, 0.5) is 0 Å². The van der Waals surface area contributed by atoms with Crippen molar-refractivity contribution >= 4 is 29.9 Å². The number of rotatable bonds is 9. The Balaban J connectivity index is 0.00000306. The van der Waals surface area contributed by atoms with E-state index in [9.17, 15) is 0 Å². The van der Waals surface area contributed by atoms with Gasteiger partial charge in [-0.2, -0.15) is 0 Å². The van der Waals surface area contributed by atoms with Crippen molar-refractivity contribution < 1.29 is 9.15 Å². The predicted molar refractivity (Wildman–Crippen MR) is 144 cm³/mol. The topological polar surface area (TPSA) is 65.3 Å². The Morgan fingerprint density at radius 3 is 2.03 bits per heavy atom. The number of hydrogen-bond acceptors (Lipinski definition) is 5. The highest BCUT2D eigenvalue weighted by Gasteiger charge is 2.27. The summed E-state index contributed by atoms with van der Waals surface area (Å²) in [4.78, 5) is 9.57. The number of methoxy groups -OCH3 is 1. The fraction of sp³-hybridized carbons (Fsp3) is 0.560. The molecule has 0 spiro atoms. The summed E-state index contributed by atoms with van der Waals surface area (Å²) in [6.07, 6.45) is 6.80. The highest BCUT2D eigenvalue weighted by Crippen LogP contribution is 2.27. The second-order valence-corrected chi connectivity index (χ2v) is 8.64. The number of nitrogens with zero attached hydrogens (tertiary/aromatic N) is 3. The van der Waals surface area contributed by atoms with Gasteiger partial charge in [-0.1, -0.05) is 12.1 Å². The fourth-order valence-corrected chi connectivity index (χ4v) is 4.89. The maximum Gasteiger partial charge on any atom is 0.191 e. The van der Waals surface area contributed by atoms with Crippen LogP contribution in [0.15, 0.2) is 52.1 Å². The van der Waals surface area contributed by atoms with E-state index in [1.54, 1.807) is 13.4 Å². The lowest BCUT2D eigenvalue weighted by atomic mass is 10.1. The number of likely N-dealkylation sites (tertiary alicyclic amines) is 2. The number of nitrogens with one attached hydrogen (secondary N) is 2. The molecule has 182 valence electrons. The molecular weight excluding hydrogens is 529 g/mol. The van der Waals surface area contributed by atoms with Crippen LogP contribution in [0.1, 0.15) is 49.1 Å². The highest BCUT2D eigenvalue weighted by molar-refractivity contribution is 14.0. The molecule has 8 heteroatoms. The molecular formula is C25H38IN5O2. The van der Waals surface area contributed by atoms with Crippen LogP contribution in [-0.2, 0) is 0 Å². The Morgan fingerprint density at radius 1 is 0.939 bits per heavy atom. The van der Waals surface area contributed by atoms with Crippen molar-refractivity contribution in [1.29, 1.82) is 0 Å². The summed E-state index contributed by atoms with van der Waals surface area (Å²) in [5, 5.41) is 7.13. The summed E-state index contributed by atoms with van der Waals surface area (Å²) in [7, 11) is 3.55. The van der Waals surface area contributed by atoms with E-state index >= 15 is 0 Å². The summed E-state index contributed by atoms with van der Waals surface area (Å²) in [5.41, 5.74) is 1.31. The summed E-state index contributed by atoms with van der Waals surface area (Å²) in [6, 6.07) is 13.0. The molecule has 2 atom stereocenters. The Morgan fingerprint density at radius 2 is 1.52 bits per heavy atom. The minimum Gasteiger partial charge on any atom is -0.497 e. The van der Waals surface area contributed by atoms with Crippen LogP contribution in [0.2, 0.25) is 0 Å². The molecule has 1 aromatic carbocycles. The van der Waals surface area contributed by atoms with Gasteiger partial charge in [0.15, 0.2) is 5.96 Å². The van der Waals surface area contributed by atoms with Crippen LogP contribution < -0.4 is 15.4 Å². The molecule has 2 aliphatic heterocycles. The van der Waals surface area contributed by atoms with Gasteiger partial charge in [-0.25, -0.2) is 0 Å². The number of aliphatic imine (C=N–C) groups is 1. The van der Waals surface area contributed by atoms with Gasteiger partial charge in [0.1, 0.15) is 11.5 Å². The number of guanidine groups is 1. The maximum absolute atomic E-state index is 5.76. The van der Waals surface area contributed by atoms with Crippen LogP contribution in [0, 0.1) is 0 Å². The minimum absolute atomic E-state index is 0. The van der Waals surface area contributed by atoms with E-state index in [4.69, 9.17) is 9.15 Å². The SMILES string of the molecule is CN=C(NCC(c1ccc(OC)cc1)N1CCCC1)NCC(c1ccco1)N1CCCC1.I. The van der Waals surface area contributed by atoms with Gasteiger partial charge in [0, 0.05) is 20.1 Å². The molecule has 0 saturated carbocycles. The maximum atomic E-state index is 5.76. The molecule has 2 aliphatic rings. The van der Waals surface area contributed by atoms with Crippen LogP contribution in [0.3, 0.4) is 0 Å². The monoisotopic (exact) mass is 567 g/mol. The molecule has 4 rings (SSSR count). The average Bonchev–Trinajstić information content (AvgIpc) is 3.62. The van der Waals surface area contributed by atoms with E-state index in [-0.39, 0.29) is 30.0 Å². The van der Waals surface area contributed by atoms with Crippen molar-refractivity contribution in [1.82, 2.24) is 20.4 Å². The molecule has 1 aromatic heterocycles. The zero-order chi connectivity index (χ0) is 22.2. The molecule has 2 saturated heterocycles. The first-order valence-electron chi connectivity index (χ1n) is 11.9. The summed E-state index contributed by atoms with van der Waals surface area (Å²) in [5.74, 6) is 2.74. The van der Waals surface area contributed by atoms with Gasteiger partial charge in [-0.3, -0.25) is 14.8 Å². The van der Waals surface area contributed by atoms with Gasteiger partial charge in [0.05, 0.1) is 25.5 Å². The molecule has 2 N–H and O–H groups in total. The molecule has 0 amide bonds. The molecule has 0 bridgehead atoms. The highest BCUT2D eigenvalue weighted by atomic mass is 127. The molecule has 33 heavy (non-hydrogen) atoms. The van der Waals surface area contributed by atoms with Crippen molar-refractivity contribution in [3.63, 3.8) is 0 Å². The quantitative estimate of drug-likeness (QED) is 0.271. The molecule has 2 unspecified atom stereocenters. The fourth-order valence-electron chi connectivity index (χ4n) is 4.89. The Labute approximate surface area is 215 Å². The normalized spacial score (nSPS) is 19.2. The van der Waals surface area contributed by atoms with Gasteiger partial charge in [0.2, 0.25) is 0 Å². The van der Waals surface area contributed by atoms with Gasteiger partial charge in [-0.15, -0.1) is 24.0 Å². The first kappa shape index (κ1) is 25.8. The van der Waals surface area contributed by atoms with Crippen LogP contribution >= 0.6 is 24.0 Å². The smallest absolute Gasteiger partial charge is 0.191 e. The Kier molecular flexibility index (Phi) is 10.3. The van der Waals surface area contributed by atoms with Crippen LogP contribution in [0.25, 0.3) is 0 Å².